The van der Waals surface area contributed by atoms with Crippen LogP contribution in [0.3, 0.4) is 0 Å². The molecule has 2 aliphatic carbocycles. The van der Waals surface area contributed by atoms with Gasteiger partial charge in [-0.15, -0.1) is 0 Å². The van der Waals surface area contributed by atoms with Crippen LogP contribution < -0.4 is 0 Å². The van der Waals surface area contributed by atoms with E-state index >= 15 is 0 Å². The fraction of sp³-hybridized carbons (Fsp3) is 0.391. The molecule has 1 heteroatoms. The highest BCUT2D eigenvalue weighted by molar-refractivity contribution is 6.58. The third-order valence-corrected chi connectivity index (χ3v) is 7.62. The fourth-order valence-electron chi connectivity index (χ4n) is 4.95. The molecule has 2 aliphatic rings. The van der Waals surface area contributed by atoms with Gasteiger partial charge in [0.05, 0.1) is 8.80 Å². The number of hydrogen-bond acceptors (Lipinski definition) is 0. The molecule has 2 aromatic carbocycles. The van der Waals surface area contributed by atoms with E-state index in [0.717, 1.165) is 0 Å². The van der Waals surface area contributed by atoms with Gasteiger partial charge in [-0.1, -0.05) is 60.1 Å². The SMILES string of the molecule is CC1=Cc2c(cc3c(c2-c2cc(C)cc(C)c2)CCC3)C1[Si](C)C. The molecule has 0 nitrogen and oxygen atoms in total. The first-order valence-corrected chi connectivity index (χ1v) is 11.8. The molecule has 4 rings (SSSR count). The molecule has 0 aliphatic heterocycles. The average molecular weight is 332 g/mol. The van der Waals surface area contributed by atoms with Crippen molar-refractivity contribution < 1.29 is 0 Å². The van der Waals surface area contributed by atoms with Gasteiger partial charge in [0.15, 0.2) is 0 Å². The third kappa shape index (κ3) is 2.41. The smallest absolute Gasteiger partial charge is 0.0551 e. The Bertz CT molecular complexity index is 835. The molecule has 1 unspecified atom stereocenters. The Balaban J connectivity index is 2.02. The van der Waals surface area contributed by atoms with Crippen molar-refractivity contribution in [1.82, 2.24) is 0 Å². The lowest BCUT2D eigenvalue weighted by molar-refractivity contribution is 0.911. The number of fused-ring (bicyclic) bond motifs is 2. The van der Waals surface area contributed by atoms with E-state index < -0.39 is 0 Å². The highest BCUT2D eigenvalue weighted by Crippen LogP contribution is 2.47. The normalized spacial score (nSPS) is 18.8. The van der Waals surface area contributed by atoms with Crippen LogP contribution in [-0.2, 0) is 12.8 Å². The second kappa shape index (κ2) is 5.74. The molecular weight excluding hydrogens is 304 g/mol. The predicted molar refractivity (Wildman–Crippen MR) is 107 cm³/mol. The first-order valence-electron chi connectivity index (χ1n) is 9.21. The van der Waals surface area contributed by atoms with Gasteiger partial charge in [-0.3, -0.25) is 0 Å². The maximum atomic E-state index is 2.57. The summed E-state index contributed by atoms with van der Waals surface area (Å²) in [5.41, 5.74) is 14.4. The Morgan fingerprint density at radius 1 is 0.917 bits per heavy atom. The molecule has 0 spiro atoms. The van der Waals surface area contributed by atoms with Crippen molar-refractivity contribution in [1.29, 1.82) is 0 Å². The standard InChI is InChI=1S/C23H27Si/c1-14-9-15(2)11-18(10-14)22-19-8-6-7-17(19)13-21-20(22)12-16(3)23(21)24(4)5/h9-13,23H,6-8H2,1-5H3. The first-order chi connectivity index (χ1) is 11.5. The van der Waals surface area contributed by atoms with Gasteiger partial charge >= 0.3 is 0 Å². The summed E-state index contributed by atoms with van der Waals surface area (Å²) in [6.45, 7) is 11.7. The van der Waals surface area contributed by atoms with E-state index in [-0.39, 0.29) is 8.80 Å². The molecule has 24 heavy (non-hydrogen) atoms. The molecule has 1 atom stereocenters. The van der Waals surface area contributed by atoms with E-state index in [1.54, 1.807) is 27.8 Å². The van der Waals surface area contributed by atoms with Gasteiger partial charge in [0.1, 0.15) is 0 Å². The highest BCUT2D eigenvalue weighted by atomic mass is 28.3. The van der Waals surface area contributed by atoms with Crippen molar-refractivity contribution in [2.75, 3.05) is 0 Å². The van der Waals surface area contributed by atoms with E-state index in [2.05, 4.69) is 64.2 Å². The molecule has 0 fully saturated rings. The lowest BCUT2D eigenvalue weighted by Crippen LogP contribution is -2.15. The van der Waals surface area contributed by atoms with Crippen molar-refractivity contribution in [2.45, 2.75) is 58.7 Å². The zero-order valence-electron chi connectivity index (χ0n) is 15.6. The van der Waals surface area contributed by atoms with Gasteiger partial charge in [0, 0.05) is 0 Å². The van der Waals surface area contributed by atoms with Crippen LogP contribution in [0, 0.1) is 13.8 Å². The molecule has 0 heterocycles. The summed E-state index contributed by atoms with van der Waals surface area (Å²) in [6.07, 6.45) is 6.34. The van der Waals surface area contributed by atoms with Crippen LogP contribution in [0.5, 0.6) is 0 Å². The molecule has 0 amide bonds. The van der Waals surface area contributed by atoms with E-state index in [1.807, 2.05) is 0 Å². The molecule has 0 N–H and O–H groups in total. The predicted octanol–water partition coefficient (Wildman–Crippen LogP) is 6.25. The quantitative estimate of drug-likeness (QED) is 0.570. The largest absolute Gasteiger partial charge is 0.0705 e. The van der Waals surface area contributed by atoms with E-state index in [9.17, 15) is 0 Å². The average Bonchev–Trinajstić information content (AvgIpc) is 3.06. The molecular formula is C23H27Si. The van der Waals surface area contributed by atoms with Crippen LogP contribution >= 0.6 is 0 Å². The highest BCUT2D eigenvalue weighted by Gasteiger charge is 2.31. The summed E-state index contributed by atoms with van der Waals surface area (Å²) in [6, 6.07) is 9.64. The van der Waals surface area contributed by atoms with E-state index in [1.165, 1.54) is 41.5 Å². The number of allylic oxidation sites excluding steroid dienone is 1. The van der Waals surface area contributed by atoms with Crippen molar-refractivity contribution in [3.05, 3.63) is 63.2 Å². The third-order valence-electron chi connectivity index (χ3n) is 5.70. The Morgan fingerprint density at radius 3 is 2.29 bits per heavy atom. The number of aryl methyl sites for hydroxylation is 3. The zero-order valence-corrected chi connectivity index (χ0v) is 16.6. The Morgan fingerprint density at radius 2 is 1.62 bits per heavy atom. The van der Waals surface area contributed by atoms with Crippen molar-refractivity contribution in [3.8, 4) is 11.1 Å². The van der Waals surface area contributed by atoms with Crippen LogP contribution in [0.15, 0.2) is 29.8 Å². The van der Waals surface area contributed by atoms with Crippen molar-refractivity contribution >= 4 is 14.9 Å². The summed E-state index contributed by atoms with van der Waals surface area (Å²) in [4.78, 5) is 0. The van der Waals surface area contributed by atoms with Crippen LogP contribution in [0.25, 0.3) is 17.2 Å². The fourth-order valence-corrected chi connectivity index (χ4v) is 6.80. The summed E-state index contributed by atoms with van der Waals surface area (Å²) in [7, 11) is -0.372. The molecule has 2 aromatic rings. The molecule has 123 valence electrons. The van der Waals surface area contributed by atoms with Crippen molar-refractivity contribution in [2.24, 2.45) is 0 Å². The minimum atomic E-state index is -0.372. The lowest BCUT2D eigenvalue weighted by atomic mass is 9.88. The molecule has 0 saturated carbocycles. The van der Waals surface area contributed by atoms with E-state index in [4.69, 9.17) is 0 Å². The van der Waals surface area contributed by atoms with Crippen molar-refractivity contribution in [3.63, 3.8) is 0 Å². The minimum Gasteiger partial charge on any atom is -0.0705 e. The lowest BCUT2D eigenvalue weighted by Gasteiger charge is -2.21. The van der Waals surface area contributed by atoms with Crippen LogP contribution in [0.2, 0.25) is 13.1 Å². The minimum absolute atomic E-state index is 0.372. The Kier molecular flexibility index (Phi) is 3.80. The summed E-state index contributed by atoms with van der Waals surface area (Å²) >= 11 is 0. The maximum Gasteiger partial charge on any atom is 0.0551 e. The first kappa shape index (κ1) is 15.9. The van der Waals surface area contributed by atoms with Gasteiger partial charge in [0.25, 0.3) is 0 Å². The van der Waals surface area contributed by atoms with Gasteiger partial charge in [0.2, 0.25) is 0 Å². The molecule has 0 bridgehead atoms. The van der Waals surface area contributed by atoms with Crippen LogP contribution in [-0.4, -0.2) is 8.80 Å². The second-order valence-corrected chi connectivity index (χ2v) is 10.8. The van der Waals surface area contributed by atoms with Crippen LogP contribution in [0.1, 0.15) is 52.3 Å². The Labute approximate surface area is 148 Å². The Hall–Kier alpha value is -1.60. The van der Waals surface area contributed by atoms with E-state index in [0.29, 0.717) is 5.54 Å². The molecule has 1 radical (unpaired) electrons. The molecule has 0 saturated heterocycles. The zero-order chi connectivity index (χ0) is 17.0. The van der Waals surface area contributed by atoms with Gasteiger partial charge in [-0.25, -0.2) is 0 Å². The van der Waals surface area contributed by atoms with Crippen LogP contribution in [0.4, 0.5) is 0 Å². The number of hydrogen-bond donors (Lipinski definition) is 0. The second-order valence-electron chi connectivity index (χ2n) is 8.02. The number of benzene rings is 2. The maximum absolute atomic E-state index is 2.57. The molecule has 0 aromatic heterocycles. The van der Waals surface area contributed by atoms with Gasteiger partial charge in [-0.2, -0.15) is 0 Å². The summed E-state index contributed by atoms with van der Waals surface area (Å²) in [5, 5.41) is 0. The summed E-state index contributed by atoms with van der Waals surface area (Å²) < 4.78 is 0. The summed E-state index contributed by atoms with van der Waals surface area (Å²) in [5.74, 6) is 0. The van der Waals surface area contributed by atoms with Gasteiger partial charge < -0.3 is 0 Å². The van der Waals surface area contributed by atoms with Gasteiger partial charge in [-0.05, 0) is 79.0 Å². The monoisotopic (exact) mass is 331 g/mol. The topological polar surface area (TPSA) is 0 Å². The number of rotatable bonds is 2.